The smallest absolute Gasteiger partial charge is 0.273 e. The summed E-state index contributed by atoms with van der Waals surface area (Å²) in [4.78, 5) is 12.0. The molecule has 1 aromatic heterocycles. The molecule has 1 saturated heterocycles. The summed E-state index contributed by atoms with van der Waals surface area (Å²) < 4.78 is 28.5. The molecular weight excluding hydrogens is 303 g/mol. The minimum Gasteiger partial charge on any atom is -0.486 e. The van der Waals surface area contributed by atoms with Crippen molar-refractivity contribution in [3.63, 3.8) is 0 Å². The fourth-order valence-corrected chi connectivity index (χ4v) is 2.25. The summed E-state index contributed by atoms with van der Waals surface area (Å²) in [7, 11) is 0. The van der Waals surface area contributed by atoms with E-state index >= 15 is 0 Å². The van der Waals surface area contributed by atoms with Crippen LogP contribution >= 0.6 is 0 Å². The third-order valence-corrected chi connectivity index (χ3v) is 3.56. The number of benzene rings is 1. The van der Waals surface area contributed by atoms with Crippen molar-refractivity contribution in [2.45, 2.75) is 13.0 Å². The average molecular weight is 320 g/mol. The summed E-state index contributed by atoms with van der Waals surface area (Å²) in [6.45, 7) is 2.10. The van der Waals surface area contributed by atoms with Crippen molar-refractivity contribution in [1.82, 2.24) is 10.5 Å². The van der Waals surface area contributed by atoms with Crippen molar-refractivity contribution in [1.29, 1.82) is 0 Å². The molecule has 0 aliphatic carbocycles. The van der Waals surface area contributed by atoms with Crippen LogP contribution in [-0.4, -0.2) is 30.8 Å². The molecule has 1 aliphatic heterocycles. The van der Waals surface area contributed by atoms with Crippen LogP contribution in [0.5, 0.6) is 5.75 Å². The Morgan fingerprint density at radius 3 is 2.96 bits per heavy atom. The van der Waals surface area contributed by atoms with E-state index in [1.807, 2.05) is 0 Å². The zero-order valence-corrected chi connectivity index (χ0v) is 12.5. The maximum absolute atomic E-state index is 12.8. The molecule has 1 aliphatic rings. The second kappa shape index (κ2) is 7.23. The number of carbonyl (C=O) groups is 1. The topological polar surface area (TPSA) is 73.6 Å². The molecule has 3 rings (SSSR count). The van der Waals surface area contributed by atoms with Crippen LogP contribution in [0.1, 0.15) is 22.7 Å². The van der Waals surface area contributed by atoms with Crippen molar-refractivity contribution in [3.8, 4) is 5.75 Å². The van der Waals surface area contributed by atoms with Gasteiger partial charge in [-0.1, -0.05) is 5.16 Å². The molecular formula is C16H17FN2O4. The van der Waals surface area contributed by atoms with Crippen LogP contribution in [-0.2, 0) is 11.3 Å². The van der Waals surface area contributed by atoms with E-state index in [4.69, 9.17) is 14.0 Å². The van der Waals surface area contributed by atoms with Crippen molar-refractivity contribution in [2.75, 3.05) is 19.8 Å². The summed E-state index contributed by atoms with van der Waals surface area (Å²) in [6, 6.07) is 7.18. The lowest BCUT2D eigenvalue weighted by Gasteiger charge is -2.07. The molecule has 6 nitrogen and oxygen atoms in total. The van der Waals surface area contributed by atoms with Crippen LogP contribution in [0.15, 0.2) is 34.9 Å². The molecule has 1 atom stereocenters. The highest BCUT2D eigenvalue weighted by Gasteiger charge is 2.18. The minimum atomic E-state index is -0.330. The largest absolute Gasteiger partial charge is 0.486 e. The summed E-state index contributed by atoms with van der Waals surface area (Å²) in [5, 5.41) is 6.54. The highest BCUT2D eigenvalue weighted by atomic mass is 19.1. The van der Waals surface area contributed by atoms with Crippen LogP contribution in [0.3, 0.4) is 0 Å². The number of carbonyl (C=O) groups excluding carboxylic acids is 1. The fraction of sp³-hybridized carbons (Fsp3) is 0.375. The summed E-state index contributed by atoms with van der Waals surface area (Å²) in [5.41, 5.74) is 0.210. The Kier molecular flexibility index (Phi) is 4.87. The Labute approximate surface area is 132 Å². The summed E-state index contributed by atoms with van der Waals surface area (Å²) in [6.07, 6.45) is 0.954. The van der Waals surface area contributed by atoms with Gasteiger partial charge in [-0.2, -0.15) is 0 Å². The standard InChI is InChI=1S/C16H17FN2O4/c17-12-1-3-13(4-2-12)22-10-14-7-15(19-23-14)16(20)18-8-11-5-6-21-9-11/h1-4,7,11H,5-6,8-10H2,(H,18,20). The predicted octanol–water partition coefficient (Wildman–Crippen LogP) is 2.16. The molecule has 0 saturated carbocycles. The van der Waals surface area contributed by atoms with Gasteiger partial charge < -0.3 is 19.3 Å². The van der Waals surface area contributed by atoms with Crippen LogP contribution in [0.2, 0.25) is 0 Å². The Morgan fingerprint density at radius 2 is 2.22 bits per heavy atom. The zero-order chi connectivity index (χ0) is 16.1. The number of aromatic nitrogens is 1. The highest BCUT2D eigenvalue weighted by Crippen LogP contribution is 2.14. The first-order valence-electron chi connectivity index (χ1n) is 7.40. The second-order valence-corrected chi connectivity index (χ2v) is 5.36. The van der Waals surface area contributed by atoms with Crippen LogP contribution in [0, 0.1) is 11.7 Å². The van der Waals surface area contributed by atoms with Gasteiger partial charge in [0.15, 0.2) is 11.5 Å². The van der Waals surface area contributed by atoms with Crippen molar-refractivity contribution in [3.05, 3.63) is 47.6 Å². The lowest BCUT2D eigenvalue weighted by molar-refractivity contribution is 0.0935. The minimum absolute atomic E-state index is 0.113. The maximum Gasteiger partial charge on any atom is 0.273 e. The lowest BCUT2D eigenvalue weighted by Crippen LogP contribution is -2.29. The predicted molar refractivity (Wildman–Crippen MR) is 78.5 cm³/mol. The van der Waals surface area contributed by atoms with Gasteiger partial charge in [-0.05, 0) is 30.7 Å². The van der Waals surface area contributed by atoms with Crippen LogP contribution in [0.4, 0.5) is 4.39 Å². The van der Waals surface area contributed by atoms with Gasteiger partial charge in [-0.15, -0.1) is 0 Å². The Bertz CT molecular complexity index is 650. The monoisotopic (exact) mass is 320 g/mol. The average Bonchev–Trinajstić information content (AvgIpc) is 3.24. The molecule has 1 amide bonds. The maximum atomic E-state index is 12.8. The third kappa shape index (κ3) is 4.29. The Morgan fingerprint density at radius 1 is 1.39 bits per heavy atom. The molecule has 0 spiro atoms. The van der Waals surface area contributed by atoms with Crippen LogP contribution < -0.4 is 10.1 Å². The third-order valence-electron chi connectivity index (χ3n) is 3.56. The summed E-state index contributed by atoms with van der Waals surface area (Å²) >= 11 is 0. The van der Waals surface area contributed by atoms with Gasteiger partial charge >= 0.3 is 0 Å². The van der Waals surface area contributed by atoms with E-state index in [0.29, 0.717) is 30.6 Å². The molecule has 2 heterocycles. The van der Waals surface area contributed by atoms with E-state index in [-0.39, 0.29) is 24.0 Å². The van der Waals surface area contributed by atoms with E-state index in [1.165, 1.54) is 30.3 Å². The summed E-state index contributed by atoms with van der Waals surface area (Å²) in [5.74, 6) is 0.670. The van der Waals surface area contributed by atoms with Gasteiger partial charge in [-0.25, -0.2) is 4.39 Å². The normalized spacial score (nSPS) is 17.2. The molecule has 1 fully saturated rings. The van der Waals surface area contributed by atoms with E-state index < -0.39 is 0 Å². The van der Waals surface area contributed by atoms with Crippen molar-refractivity contribution >= 4 is 5.91 Å². The molecule has 1 unspecified atom stereocenters. The van der Waals surface area contributed by atoms with Crippen molar-refractivity contribution < 1.29 is 23.2 Å². The fourth-order valence-electron chi connectivity index (χ4n) is 2.25. The molecule has 0 bridgehead atoms. The first-order chi connectivity index (χ1) is 11.2. The van der Waals surface area contributed by atoms with Gasteiger partial charge in [0, 0.05) is 25.1 Å². The molecule has 1 aromatic carbocycles. The van der Waals surface area contributed by atoms with Gasteiger partial charge in [0.2, 0.25) is 0 Å². The Hall–Kier alpha value is -2.41. The molecule has 122 valence electrons. The second-order valence-electron chi connectivity index (χ2n) is 5.36. The van der Waals surface area contributed by atoms with Crippen LogP contribution in [0.25, 0.3) is 0 Å². The lowest BCUT2D eigenvalue weighted by atomic mass is 10.1. The zero-order valence-electron chi connectivity index (χ0n) is 12.5. The van der Waals surface area contributed by atoms with E-state index in [9.17, 15) is 9.18 Å². The van der Waals surface area contributed by atoms with Gasteiger partial charge in [0.25, 0.3) is 5.91 Å². The number of hydrogen-bond acceptors (Lipinski definition) is 5. The van der Waals surface area contributed by atoms with Gasteiger partial charge in [-0.3, -0.25) is 4.79 Å². The van der Waals surface area contributed by atoms with Crippen molar-refractivity contribution in [2.24, 2.45) is 5.92 Å². The van der Waals surface area contributed by atoms with Gasteiger partial charge in [0.1, 0.15) is 18.2 Å². The van der Waals surface area contributed by atoms with E-state index in [2.05, 4.69) is 10.5 Å². The van der Waals surface area contributed by atoms with E-state index in [1.54, 1.807) is 0 Å². The number of rotatable bonds is 6. The highest BCUT2D eigenvalue weighted by molar-refractivity contribution is 5.92. The number of hydrogen-bond donors (Lipinski definition) is 1. The number of nitrogens with zero attached hydrogens (tertiary/aromatic N) is 1. The number of halogens is 1. The number of amides is 1. The molecule has 1 N–H and O–H groups in total. The van der Waals surface area contributed by atoms with E-state index in [0.717, 1.165) is 13.0 Å². The molecule has 0 radical (unpaired) electrons. The molecule has 23 heavy (non-hydrogen) atoms. The SMILES string of the molecule is O=C(NCC1CCOC1)c1cc(COc2ccc(F)cc2)on1. The molecule has 2 aromatic rings. The first-order valence-corrected chi connectivity index (χ1v) is 7.40. The van der Waals surface area contributed by atoms with Gasteiger partial charge in [0.05, 0.1) is 6.61 Å². The Balaban J connectivity index is 1.48. The number of ether oxygens (including phenoxy) is 2. The first kappa shape index (κ1) is 15.5. The number of nitrogens with one attached hydrogen (secondary N) is 1. The molecule has 7 heteroatoms. The quantitative estimate of drug-likeness (QED) is 0.883.